The normalized spacial score (nSPS) is 17.5. The highest BCUT2D eigenvalue weighted by atomic mass is 79.9. The molecule has 1 fully saturated rings. The van der Waals surface area contributed by atoms with Crippen LogP contribution in [0.3, 0.4) is 0 Å². The minimum atomic E-state index is -4.76. The van der Waals surface area contributed by atoms with Gasteiger partial charge < -0.3 is 5.11 Å². The molecule has 1 aliphatic rings. The summed E-state index contributed by atoms with van der Waals surface area (Å²) in [6.07, 6.45) is -4.76. The van der Waals surface area contributed by atoms with E-state index in [0.29, 0.717) is 42.9 Å². The van der Waals surface area contributed by atoms with Crippen LogP contribution in [-0.2, 0) is 27.5 Å². The minimum absolute atomic E-state index is 0.211. The summed E-state index contributed by atoms with van der Waals surface area (Å²) in [4.78, 5) is 2.50. The molecule has 0 amide bonds. The predicted molar refractivity (Wildman–Crippen MR) is 141 cm³/mol. The molecule has 198 valence electrons. The van der Waals surface area contributed by atoms with E-state index in [2.05, 4.69) is 20.8 Å². The Morgan fingerprint density at radius 1 is 0.811 bits per heavy atom. The maximum absolute atomic E-state index is 13.1. The number of piperazine rings is 1. The smallest absolute Gasteiger partial charge is 0.376 e. The molecule has 4 rings (SSSR count). The number of hydrogen-bond donors (Lipinski definition) is 1. The fraction of sp³-hybridized carbons (Fsp3) is 0.333. The number of sulfonamides is 1. The first-order valence-corrected chi connectivity index (χ1v) is 14.3. The summed E-state index contributed by atoms with van der Waals surface area (Å²) in [5.41, 5.74) is 0.553. The molecule has 1 aliphatic heterocycles. The van der Waals surface area contributed by atoms with Gasteiger partial charge in [-0.1, -0.05) is 76.6 Å². The maximum atomic E-state index is 13.1. The third-order valence-corrected chi connectivity index (χ3v) is 9.30. The number of hydrogen-bond acceptors (Lipinski definition) is 4. The van der Waals surface area contributed by atoms with Crippen LogP contribution >= 0.6 is 15.9 Å². The van der Waals surface area contributed by atoms with Gasteiger partial charge in [-0.25, -0.2) is 8.42 Å². The lowest BCUT2D eigenvalue weighted by molar-refractivity contribution is -0.258. The van der Waals surface area contributed by atoms with Gasteiger partial charge in [0.25, 0.3) is 0 Å². The summed E-state index contributed by atoms with van der Waals surface area (Å²) in [7, 11) is -3.53. The van der Waals surface area contributed by atoms with Crippen molar-refractivity contribution in [3.63, 3.8) is 0 Å². The van der Waals surface area contributed by atoms with Crippen LogP contribution in [0, 0.1) is 0 Å². The van der Waals surface area contributed by atoms with Gasteiger partial charge in [-0.2, -0.15) is 17.5 Å². The highest BCUT2D eigenvalue weighted by Gasteiger charge is 2.51. The molecule has 1 atom stereocenters. The molecule has 0 spiro atoms. The molecule has 1 saturated heterocycles. The van der Waals surface area contributed by atoms with E-state index < -0.39 is 21.8 Å². The number of benzene rings is 3. The van der Waals surface area contributed by atoms with Crippen LogP contribution in [-0.4, -0.2) is 55.1 Å². The predicted octanol–water partition coefficient (Wildman–Crippen LogP) is 5.52. The van der Waals surface area contributed by atoms with Crippen LogP contribution < -0.4 is 0 Å². The molecule has 0 bridgehead atoms. The molecular formula is C27H28BrF3N2O3S. The van der Waals surface area contributed by atoms with Gasteiger partial charge in [-0.15, -0.1) is 0 Å². The van der Waals surface area contributed by atoms with Crippen molar-refractivity contribution < 1.29 is 26.7 Å². The molecule has 5 nitrogen and oxygen atoms in total. The van der Waals surface area contributed by atoms with Crippen LogP contribution in [0.2, 0.25) is 0 Å². The van der Waals surface area contributed by atoms with Gasteiger partial charge in [0.05, 0.1) is 4.90 Å². The Kier molecular flexibility index (Phi) is 8.16. The Balaban J connectivity index is 1.35. The number of rotatable bonds is 7. The number of nitrogens with zero attached hydrogens (tertiary/aromatic N) is 2. The topological polar surface area (TPSA) is 60.9 Å². The first-order chi connectivity index (χ1) is 17.4. The van der Waals surface area contributed by atoms with Crippen molar-refractivity contribution in [3.05, 3.63) is 89.5 Å². The second-order valence-corrected chi connectivity index (χ2v) is 11.8. The lowest BCUT2D eigenvalue weighted by Crippen LogP contribution is -2.48. The highest BCUT2D eigenvalue weighted by molar-refractivity contribution is 9.08. The van der Waals surface area contributed by atoms with E-state index in [-0.39, 0.29) is 5.56 Å². The molecule has 1 unspecified atom stereocenters. The lowest BCUT2D eigenvalue weighted by atomic mass is 9.93. The van der Waals surface area contributed by atoms with E-state index in [1.54, 1.807) is 24.3 Å². The first-order valence-electron chi connectivity index (χ1n) is 11.8. The van der Waals surface area contributed by atoms with Crippen molar-refractivity contribution in [2.75, 3.05) is 26.2 Å². The Hall–Kier alpha value is -2.24. The van der Waals surface area contributed by atoms with Crippen LogP contribution in [0.1, 0.15) is 23.6 Å². The van der Waals surface area contributed by atoms with Gasteiger partial charge in [-0.3, -0.25) is 4.90 Å². The number of alkyl halides is 4. The standard InChI is InChI=1S/C27H28BrF3N2O3S/c1-26(34,27(29,30)31)24-10-8-23(9-11-24)22-6-2-21(3-7-22)19-32-14-16-33(17-15-32)37(35,36)25-12-4-20(18-28)5-13-25/h2-13,34H,14-19H2,1H3. The third kappa shape index (κ3) is 6.09. The molecule has 3 aromatic rings. The zero-order chi connectivity index (χ0) is 26.8. The Morgan fingerprint density at radius 2 is 1.30 bits per heavy atom. The summed E-state index contributed by atoms with van der Waals surface area (Å²) in [6, 6.07) is 20.4. The summed E-state index contributed by atoms with van der Waals surface area (Å²) in [6.45, 7) is 3.46. The van der Waals surface area contributed by atoms with Crippen molar-refractivity contribution in [1.29, 1.82) is 0 Å². The molecule has 0 aliphatic carbocycles. The summed E-state index contributed by atoms with van der Waals surface area (Å²) < 4.78 is 66.7. The molecule has 3 aromatic carbocycles. The highest BCUT2D eigenvalue weighted by Crippen LogP contribution is 2.39. The SMILES string of the molecule is CC(O)(c1ccc(-c2ccc(CN3CCN(S(=O)(=O)c4ccc(CBr)cc4)CC3)cc2)cc1)C(F)(F)F. The Morgan fingerprint density at radius 3 is 1.78 bits per heavy atom. The zero-order valence-electron chi connectivity index (χ0n) is 20.2. The molecular weight excluding hydrogens is 569 g/mol. The summed E-state index contributed by atoms with van der Waals surface area (Å²) in [5.74, 6) is 0. The number of aliphatic hydroxyl groups is 1. The van der Waals surface area contributed by atoms with Crippen molar-refractivity contribution in [2.24, 2.45) is 0 Å². The molecule has 0 radical (unpaired) electrons. The van der Waals surface area contributed by atoms with E-state index in [4.69, 9.17) is 0 Å². The maximum Gasteiger partial charge on any atom is 0.421 e. The van der Waals surface area contributed by atoms with Crippen molar-refractivity contribution in [2.45, 2.75) is 35.5 Å². The van der Waals surface area contributed by atoms with Crippen LogP contribution in [0.15, 0.2) is 77.7 Å². The van der Waals surface area contributed by atoms with Gasteiger partial charge >= 0.3 is 6.18 Å². The molecule has 1 heterocycles. The average molecular weight is 597 g/mol. The van der Waals surface area contributed by atoms with Gasteiger partial charge in [0, 0.05) is 38.1 Å². The molecule has 1 N–H and O–H groups in total. The summed E-state index contributed by atoms with van der Waals surface area (Å²) in [5, 5.41) is 10.5. The van der Waals surface area contributed by atoms with Gasteiger partial charge in [0.1, 0.15) is 0 Å². The Labute approximate surface area is 223 Å². The quantitative estimate of drug-likeness (QED) is 0.365. The van der Waals surface area contributed by atoms with Gasteiger partial charge in [-0.05, 0) is 46.9 Å². The fourth-order valence-electron chi connectivity index (χ4n) is 4.24. The molecule has 37 heavy (non-hydrogen) atoms. The second-order valence-electron chi connectivity index (χ2n) is 9.30. The van der Waals surface area contributed by atoms with Gasteiger partial charge in [0.15, 0.2) is 5.60 Å². The van der Waals surface area contributed by atoms with Crippen molar-refractivity contribution >= 4 is 26.0 Å². The average Bonchev–Trinajstić information content (AvgIpc) is 2.89. The first kappa shape index (κ1) is 27.8. The van der Waals surface area contributed by atoms with Crippen LogP contribution in [0.4, 0.5) is 13.2 Å². The monoisotopic (exact) mass is 596 g/mol. The van der Waals surface area contributed by atoms with E-state index in [1.165, 1.54) is 16.4 Å². The number of halogens is 4. The molecule has 0 saturated carbocycles. The third-order valence-electron chi connectivity index (χ3n) is 6.74. The van der Waals surface area contributed by atoms with E-state index in [1.807, 2.05) is 36.4 Å². The van der Waals surface area contributed by atoms with E-state index in [9.17, 15) is 26.7 Å². The lowest BCUT2D eigenvalue weighted by Gasteiger charge is -2.34. The summed E-state index contributed by atoms with van der Waals surface area (Å²) >= 11 is 3.37. The molecule has 10 heteroatoms. The second kappa shape index (κ2) is 10.9. The largest absolute Gasteiger partial charge is 0.421 e. The Bertz CT molecular complexity index is 1300. The van der Waals surface area contributed by atoms with E-state index in [0.717, 1.165) is 29.2 Å². The van der Waals surface area contributed by atoms with Crippen LogP contribution in [0.25, 0.3) is 11.1 Å². The minimum Gasteiger partial charge on any atom is -0.376 e. The van der Waals surface area contributed by atoms with Crippen molar-refractivity contribution in [1.82, 2.24) is 9.21 Å². The van der Waals surface area contributed by atoms with Crippen LogP contribution in [0.5, 0.6) is 0 Å². The zero-order valence-corrected chi connectivity index (χ0v) is 22.7. The van der Waals surface area contributed by atoms with E-state index >= 15 is 0 Å². The fourth-order valence-corrected chi connectivity index (χ4v) is 6.04. The van der Waals surface area contributed by atoms with Gasteiger partial charge in [0.2, 0.25) is 10.0 Å². The molecule has 0 aromatic heterocycles. The van der Waals surface area contributed by atoms with Crippen molar-refractivity contribution in [3.8, 4) is 11.1 Å².